The van der Waals surface area contributed by atoms with Gasteiger partial charge in [0.2, 0.25) is 0 Å². The van der Waals surface area contributed by atoms with Gasteiger partial charge in [0.15, 0.2) is 0 Å². The molecule has 2 aromatic heterocycles. The first-order valence-corrected chi connectivity index (χ1v) is 23.2. The van der Waals surface area contributed by atoms with Crippen molar-refractivity contribution in [2.45, 2.75) is 52.4 Å². The second kappa shape index (κ2) is 16.5. The van der Waals surface area contributed by atoms with E-state index in [2.05, 4.69) is 219 Å². The first-order chi connectivity index (χ1) is 32.5. The number of para-hydroxylation sites is 3. The van der Waals surface area contributed by atoms with Gasteiger partial charge in [-0.15, -0.1) is 0 Å². The van der Waals surface area contributed by atoms with Gasteiger partial charge < -0.3 is 14.5 Å². The van der Waals surface area contributed by atoms with E-state index in [0.717, 1.165) is 68.0 Å². The summed E-state index contributed by atoms with van der Waals surface area (Å²) in [6.07, 6.45) is 5.63. The fourth-order valence-electron chi connectivity index (χ4n) is 9.67. The summed E-state index contributed by atoms with van der Waals surface area (Å²) in [5.74, 6) is 2.29. The largest absolute Gasteiger partial charge is 0.457 e. The van der Waals surface area contributed by atoms with Crippen LogP contribution >= 0.6 is 0 Å². The van der Waals surface area contributed by atoms with Crippen LogP contribution in [0.15, 0.2) is 201 Å². The molecule has 4 heterocycles. The maximum Gasteiger partial charge on any atom is 0.137 e. The molecule has 0 amide bonds. The molecule has 67 heavy (non-hydrogen) atoms. The summed E-state index contributed by atoms with van der Waals surface area (Å²) in [6.45, 7) is 14.2. The van der Waals surface area contributed by atoms with Crippen molar-refractivity contribution in [3.63, 3.8) is 0 Å². The van der Waals surface area contributed by atoms with E-state index in [1.54, 1.807) is 0 Å². The van der Waals surface area contributed by atoms with Gasteiger partial charge in [0.05, 0.1) is 28.4 Å². The number of rotatable bonds is 7. The zero-order chi connectivity index (χ0) is 45.9. The molecular weight excluding hydrogens is 819 g/mol. The topological polar surface area (TPSA) is 44.7 Å². The van der Waals surface area contributed by atoms with Gasteiger partial charge in [-0.25, -0.2) is 4.98 Å². The molecule has 0 bridgehead atoms. The second-order valence-corrected chi connectivity index (χ2v) is 19.6. The minimum Gasteiger partial charge on any atom is -0.457 e. The van der Waals surface area contributed by atoms with Crippen molar-refractivity contribution in [3.05, 3.63) is 212 Å². The number of nitrogens with zero attached hydrogens (tertiary/aromatic N) is 5. The van der Waals surface area contributed by atoms with Crippen LogP contribution in [-0.2, 0) is 10.8 Å². The fraction of sp³-hybridized carbons (Fsp3) is 0.148. The third-order valence-electron chi connectivity index (χ3n) is 13.2. The van der Waals surface area contributed by atoms with Crippen LogP contribution in [0.3, 0.4) is 0 Å². The van der Waals surface area contributed by atoms with Gasteiger partial charge >= 0.3 is 0 Å². The quantitative estimate of drug-likeness (QED) is 0.159. The van der Waals surface area contributed by atoms with Crippen molar-refractivity contribution in [2.75, 3.05) is 21.4 Å². The Morgan fingerprint density at radius 1 is 0.433 bits per heavy atom. The van der Waals surface area contributed by atoms with E-state index in [9.17, 15) is 0 Å². The summed E-state index contributed by atoms with van der Waals surface area (Å²) in [5, 5.41) is 0. The molecule has 9 aromatic rings. The van der Waals surface area contributed by atoms with Gasteiger partial charge in [0, 0.05) is 58.7 Å². The highest BCUT2D eigenvalue weighted by Gasteiger charge is 2.32. The highest BCUT2D eigenvalue weighted by Crippen LogP contribution is 2.53. The number of benzene rings is 7. The van der Waals surface area contributed by atoms with Crippen LogP contribution in [-0.4, -0.2) is 16.6 Å². The molecule has 0 N–H and O–H groups in total. The highest BCUT2D eigenvalue weighted by molar-refractivity contribution is 6.02. The summed E-state index contributed by atoms with van der Waals surface area (Å²) in [4.78, 5) is 16.5. The van der Waals surface area contributed by atoms with Crippen molar-refractivity contribution >= 4 is 39.9 Å². The second-order valence-electron chi connectivity index (χ2n) is 19.6. The third-order valence-corrected chi connectivity index (χ3v) is 13.2. The molecule has 6 nitrogen and oxygen atoms in total. The van der Waals surface area contributed by atoms with Crippen LogP contribution in [0.4, 0.5) is 39.9 Å². The monoisotopic (exact) mass is 871 g/mol. The Balaban J connectivity index is 0.982. The standard InChI is InChI=1S/C61H53N5O/c1-60(2,3)43-28-24-41(25-29-43)48-19-14-20-49(42-26-30-44(31-27-42)61(4,5)6)59(48)65-40-64(55-21-9-10-22-56(55)65)45-15-13-16-46(37-45)67-47-32-33-52-50-17-7-8-18-51(50)53-39-62-36-34-54(53)66(57(52)38-47)58-23-11-12-35-63-58/h7-39H,40H2,1-6H3. The normalized spacial score (nSPS) is 13.1. The van der Waals surface area contributed by atoms with Crippen LogP contribution in [0.2, 0.25) is 0 Å². The lowest BCUT2D eigenvalue weighted by molar-refractivity contribution is 0.483. The van der Waals surface area contributed by atoms with Crippen LogP contribution in [0.25, 0.3) is 44.5 Å². The SMILES string of the molecule is CC(C)(C)c1ccc(-c2cccc(-c3ccc(C(C)(C)C)cc3)c2N2CN(c3cccc(Oc4ccc5c(c4)N(c4ccccn4)c4ccncc4-c4ccccc4-5)c3)c3ccccc32)cc1. The number of fused-ring (bicyclic) bond motifs is 6. The van der Waals surface area contributed by atoms with E-state index < -0.39 is 0 Å². The molecule has 0 saturated heterocycles. The smallest absolute Gasteiger partial charge is 0.137 e. The number of hydrogen-bond donors (Lipinski definition) is 0. The summed E-state index contributed by atoms with van der Waals surface area (Å²) < 4.78 is 6.87. The number of ether oxygens (including phenoxy) is 1. The molecule has 328 valence electrons. The first-order valence-electron chi connectivity index (χ1n) is 23.2. The van der Waals surface area contributed by atoms with Crippen LogP contribution in [0.5, 0.6) is 11.5 Å². The number of hydrogen-bond acceptors (Lipinski definition) is 6. The zero-order valence-corrected chi connectivity index (χ0v) is 38.9. The van der Waals surface area contributed by atoms with Crippen LogP contribution in [0.1, 0.15) is 52.7 Å². The minimum atomic E-state index is 0.0559. The fourth-order valence-corrected chi connectivity index (χ4v) is 9.67. The Hall–Kier alpha value is -7.96. The van der Waals surface area contributed by atoms with E-state index in [1.165, 1.54) is 39.1 Å². The van der Waals surface area contributed by atoms with E-state index in [1.807, 2.05) is 42.9 Å². The molecule has 0 saturated carbocycles. The van der Waals surface area contributed by atoms with Crippen molar-refractivity contribution < 1.29 is 4.74 Å². The van der Waals surface area contributed by atoms with Crippen molar-refractivity contribution in [3.8, 4) is 56.0 Å². The molecule has 0 fully saturated rings. The molecule has 7 aromatic carbocycles. The lowest BCUT2D eigenvalue weighted by Gasteiger charge is -2.28. The van der Waals surface area contributed by atoms with E-state index in [-0.39, 0.29) is 10.8 Å². The average molecular weight is 872 g/mol. The molecule has 11 rings (SSSR count). The summed E-state index contributed by atoms with van der Waals surface area (Å²) in [6, 6.07) is 65.3. The molecule has 2 aliphatic heterocycles. The predicted molar refractivity (Wildman–Crippen MR) is 278 cm³/mol. The summed E-state index contributed by atoms with van der Waals surface area (Å²) in [5.41, 5.74) is 18.4. The maximum atomic E-state index is 6.87. The number of anilines is 7. The predicted octanol–water partition coefficient (Wildman–Crippen LogP) is 16.6. The number of aromatic nitrogens is 2. The van der Waals surface area contributed by atoms with E-state index in [0.29, 0.717) is 6.67 Å². The van der Waals surface area contributed by atoms with Crippen molar-refractivity contribution in [1.82, 2.24) is 9.97 Å². The van der Waals surface area contributed by atoms with Gasteiger partial charge in [0.1, 0.15) is 24.0 Å². The number of pyridine rings is 2. The summed E-state index contributed by atoms with van der Waals surface area (Å²) >= 11 is 0. The third kappa shape index (κ3) is 7.68. The average Bonchev–Trinajstić information content (AvgIpc) is 3.68. The van der Waals surface area contributed by atoms with Crippen molar-refractivity contribution in [2.24, 2.45) is 0 Å². The van der Waals surface area contributed by atoms with Crippen LogP contribution < -0.4 is 19.4 Å². The van der Waals surface area contributed by atoms with E-state index in [4.69, 9.17) is 9.72 Å². The van der Waals surface area contributed by atoms with Gasteiger partial charge in [-0.05, 0) is 98.8 Å². The Morgan fingerprint density at radius 3 is 1.66 bits per heavy atom. The molecular formula is C61H53N5O. The Morgan fingerprint density at radius 2 is 1.01 bits per heavy atom. The van der Waals surface area contributed by atoms with Gasteiger partial charge in [-0.3, -0.25) is 9.88 Å². The summed E-state index contributed by atoms with van der Waals surface area (Å²) in [7, 11) is 0. The Bertz CT molecular complexity index is 3200. The van der Waals surface area contributed by atoms with Gasteiger partial charge in [-0.1, -0.05) is 157 Å². The Labute approximate surface area is 394 Å². The Kier molecular flexibility index (Phi) is 10.3. The molecule has 0 unspecified atom stereocenters. The lowest BCUT2D eigenvalue weighted by Crippen LogP contribution is -2.25. The van der Waals surface area contributed by atoms with Gasteiger partial charge in [-0.2, -0.15) is 0 Å². The highest BCUT2D eigenvalue weighted by atomic mass is 16.5. The van der Waals surface area contributed by atoms with E-state index >= 15 is 0 Å². The molecule has 2 aliphatic rings. The van der Waals surface area contributed by atoms with Crippen molar-refractivity contribution in [1.29, 1.82) is 0 Å². The zero-order valence-electron chi connectivity index (χ0n) is 38.9. The molecule has 0 spiro atoms. The van der Waals surface area contributed by atoms with Crippen LogP contribution in [0, 0.1) is 0 Å². The minimum absolute atomic E-state index is 0.0559. The first kappa shape index (κ1) is 41.7. The molecule has 0 radical (unpaired) electrons. The molecule has 0 aliphatic carbocycles. The molecule has 6 heteroatoms. The van der Waals surface area contributed by atoms with Gasteiger partial charge in [0.25, 0.3) is 0 Å². The maximum absolute atomic E-state index is 6.87. The lowest BCUT2D eigenvalue weighted by atomic mass is 9.85. The molecule has 0 atom stereocenters.